The van der Waals surface area contributed by atoms with E-state index in [4.69, 9.17) is 11.6 Å². The lowest BCUT2D eigenvalue weighted by Crippen LogP contribution is -2.32. The molecular formula is C9H14ClN3S. The van der Waals surface area contributed by atoms with E-state index in [1.165, 1.54) is 24.4 Å². The summed E-state index contributed by atoms with van der Waals surface area (Å²) in [5, 5.41) is 4.02. The highest BCUT2D eigenvalue weighted by molar-refractivity contribution is 7.10. The fourth-order valence-electron chi connectivity index (χ4n) is 1.72. The minimum absolute atomic E-state index is 0.739. The van der Waals surface area contributed by atoms with E-state index in [0.717, 1.165) is 35.6 Å². The normalized spacial score (nSPS) is 20.1. The lowest BCUT2D eigenvalue weighted by molar-refractivity contribution is 0.183. The Bertz CT molecular complexity index is 294. The smallest absolute Gasteiger partial charge is 0.138 e. The molecule has 0 spiro atoms. The minimum Gasteiger partial charge on any atom is -0.297 e. The highest BCUT2D eigenvalue weighted by Crippen LogP contribution is 2.22. The van der Waals surface area contributed by atoms with Crippen LogP contribution < -0.4 is 0 Å². The summed E-state index contributed by atoms with van der Waals surface area (Å²) < 4.78 is 4.57. The van der Waals surface area contributed by atoms with Crippen molar-refractivity contribution < 1.29 is 0 Å². The molecule has 1 aromatic heterocycles. The molecule has 0 N–H and O–H groups in total. The Hall–Kier alpha value is -0.190. The molecule has 1 aliphatic rings. The van der Waals surface area contributed by atoms with Gasteiger partial charge in [0.2, 0.25) is 0 Å². The monoisotopic (exact) mass is 231 g/mol. The summed E-state index contributed by atoms with van der Waals surface area (Å²) in [7, 11) is 0. The molecule has 0 unspecified atom stereocenters. The molecule has 0 amide bonds. The number of halogens is 1. The van der Waals surface area contributed by atoms with Crippen LogP contribution in [0.25, 0.3) is 0 Å². The van der Waals surface area contributed by atoms with Gasteiger partial charge in [-0.3, -0.25) is 4.90 Å². The van der Waals surface area contributed by atoms with Gasteiger partial charge in [0.25, 0.3) is 0 Å². The predicted molar refractivity (Wildman–Crippen MR) is 58.6 cm³/mol. The van der Waals surface area contributed by atoms with E-state index >= 15 is 0 Å². The fraction of sp³-hybridized carbons (Fsp3) is 0.778. The van der Waals surface area contributed by atoms with Crippen LogP contribution in [0.15, 0.2) is 0 Å². The zero-order chi connectivity index (χ0) is 9.97. The van der Waals surface area contributed by atoms with E-state index in [0.29, 0.717) is 0 Å². The third-order valence-electron chi connectivity index (χ3n) is 2.76. The molecule has 14 heavy (non-hydrogen) atoms. The predicted octanol–water partition coefficient (Wildman–Crippen LogP) is 2.42. The first-order chi connectivity index (χ1) is 6.75. The van der Waals surface area contributed by atoms with Crippen molar-refractivity contribution in [2.45, 2.75) is 26.3 Å². The van der Waals surface area contributed by atoms with E-state index in [9.17, 15) is 0 Å². The zero-order valence-corrected chi connectivity index (χ0v) is 9.81. The van der Waals surface area contributed by atoms with E-state index in [1.807, 2.05) is 0 Å². The van der Waals surface area contributed by atoms with Gasteiger partial charge in [0.1, 0.15) is 10.0 Å². The van der Waals surface area contributed by atoms with Crippen molar-refractivity contribution >= 4 is 23.1 Å². The average molecular weight is 232 g/mol. The van der Waals surface area contributed by atoms with E-state index in [-0.39, 0.29) is 0 Å². The average Bonchev–Trinajstić information content (AvgIpc) is 2.56. The molecule has 5 heteroatoms. The molecular weight excluding hydrogens is 218 g/mol. The van der Waals surface area contributed by atoms with Gasteiger partial charge in [0.05, 0.1) is 0 Å². The van der Waals surface area contributed by atoms with E-state index in [1.54, 1.807) is 0 Å². The molecule has 0 aliphatic carbocycles. The van der Waals surface area contributed by atoms with Gasteiger partial charge in [-0.15, -0.1) is 5.10 Å². The van der Waals surface area contributed by atoms with Gasteiger partial charge < -0.3 is 0 Å². The van der Waals surface area contributed by atoms with Crippen LogP contribution in [0.2, 0.25) is 4.34 Å². The van der Waals surface area contributed by atoms with Crippen molar-refractivity contribution in [2.75, 3.05) is 13.1 Å². The molecule has 1 aliphatic heterocycles. The first-order valence-corrected chi connectivity index (χ1v) is 6.10. The summed E-state index contributed by atoms with van der Waals surface area (Å²) in [6.45, 7) is 5.50. The Morgan fingerprint density at radius 2 is 2.21 bits per heavy atom. The number of aromatic nitrogens is 2. The van der Waals surface area contributed by atoms with Gasteiger partial charge in [0.15, 0.2) is 0 Å². The molecule has 0 saturated carbocycles. The third kappa shape index (κ3) is 2.43. The first kappa shape index (κ1) is 10.3. The second kappa shape index (κ2) is 4.55. The Balaban J connectivity index is 1.89. The Morgan fingerprint density at radius 1 is 1.50 bits per heavy atom. The SMILES string of the molecule is CC1CCN(Cc2nnsc2Cl)CC1. The summed E-state index contributed by atoms with van der Waals surface area (Å²) in [5.41, 5.74) is 0.936. The first-order valence-electron chi connectivity index (χ1n) is 4.95. The van der Waals surface area contributed by atoms with Crippen molar-refractivity contribution in [3.63, 3.8) is 0 Å². The second-order valence-corrected chi connectivity index (χ2v) is 5.31. The van der Waals surface area contributed by atoms with Crippen LogP contribution in [0, 0.1) is 5.92 Å². The van der Waals surface area contributed by atoms with Gasteiger partial charge in [-0.05, 0) is 31.8 Å². The number of hydrogen-bond acceptors (Lipinski definition) is 4. The number of piperidine rings is 1. The molecule has 1 aromatic rings. The summed E-state index contributed by atoms with van der Waals surface area (Å²) in [4.78, 5) is 2.41. The third-order valence-corrected chi connectivity index (χ3v) is 3.74. The molecule has 0 radical (unpaired) electrons. The quantitative estimate of drug-likeness (QED) is 0.783. The Morgan fingerprint density at radius 3 is 2.79 bits per heavy atom. The van der Waals surface area contributed by atoms with Crippen molar-refractivity contribution in [1.82, 2.24) is 14.5 Å². The number of rotatable bonds is 2. The number of nitrogens with zero attached hydrogens (tertiary/aromatic N) is 3. The topological polar surface area (TPSA) is 29.0 Å². The van der Waals surface area contributed by atoms with Crippen LogP contribution in [0.3, 0.4) is 0 Å². The van der Waals surface area contributed by atoms with Crippen molar-refractivity contribution in [3.8, 4) is 0 Å². The second-order valence-electron chi connectivity index (χ2n) is 3.95. The largest absolute Gasteiger partial charge is 0.297 e. The van der Waals surface area contributed by atoms with Crippen LogP contribution >= 0.6 is 23.1 Å². The van der Waals surface area contributed by atoms with E-state index in [2.05, 4.69) is 21.4 Å². The van der Waals surface area contributed by atoms with Crippen molar-refractivity contribution in [3.05, 3.63) is 10.0 Å². The molecule has 1 fully saturated rings. The highest BCUT2D eigenvalue weighted by atomic mass is 35.5. The summed E-state index contributed by atoms with van der Waals surface area (Å²) >= 11 is 7.23. The van der Waals surface area contributed by atoms with Crippen molar-refractivity contribution in [2.24, 2.45) is 5.92 Å². The van der Waals surface area contributed by atoms with Crippen LogP contribution in [0.1, 0.15) is 25.5 Å². The maximum Gasteiger partial charge on any atom is 0.138 e. The lowest BCUT2D eigenvalue weighted by Gasteiger charge is -2.29. The summed E-state index contributed by atoms with van der Waals surface area (Å²) in [6.07, 6.45) is 2.57. The summed E-state index contributed by atoms with van der Waals surface area (Å²) in [6, 6.07) is 0. The highest BCUT2D eigenvalue weighted by Gasteiger charge is 2.17. The Kier molecular flexibility index (Phi) is 3.36. The van der Waals surface area contributed by atoms with Gasteiger partial charge >= 0.3 is 0 Å². The molecule has 2 rings (SSSR count). The zero-order valence-electron chi connectivity index (χ0n) is 8.24. The van der Waals surface area contributed by atoms with Crippen LogP contribution in [0.4, 0.5) is 0 Å². The molecule has 3 nitrogen and oxygen atoms in total. The number of likely N-dealkylation sites (tertiary alicyclic amines) is 1. The molecule has 2 heterocycles. The van der Waals surface area contributed by atoms with Crippen molar-refractivity contribution in [1.29, 1.82) is 0 Å². The van der Waals surface area contributed by atoms with Gasteiger partial charge in [-0.25, -0.2) is 0 Å². The summed E-state index contributed by atoms with van der Waals surface area (Å²) in [5.74, 6) is 0.871. The maximum absolute atomic E-state index is 5.95. The van der Waals surface area contributed by atoms with Gasteiger partial charge in [-0.2, -0.15) is 0 Å². The molecule has 0 bridgehead atoms. The molecule has 1 saturated heterocycles. The van der Waals surface area contributed by atoms with Crippen LogP contribution in [-0.2, 0) is 6.54 Å². The molecule has 0 atom stereocenters. The fourth-order valence-corrected chi connectivity index (χ4v) is 2.34. The Labute approximate surface area is 93.2 Å². The minimum atomic E-state index is 0.739. The standard InChI is InChI=1S/C9H14ClN3S/c1-7-2-4-13(5-3-7)6-8-9(10)14-12-11-8/h7H,2-6H2,1H3. The van der Waals surface area contributed by atoms with Crippen LogP contribution in [0.5, 0.6) is 0 Å². The van der Waals surface area contributed by atoms with Gasteiger partial charge in [0, 0.05) is 18.1 Å². The van der Waals surface area contributed by atoms with Crippen LogP contribution in [-0.4, -0.2) is 27.6 Å². The maximum atomic E-state index is 5.95. The number of hydrogen-bond donors (Lipinski definition) is 0. The molecule has 78 valence electrons. The molecule has 0 aromatic carbocycles. The lowest BCUT2D eigenvalue weighted by atomic mass is 9.99. The van der Waals surface area contributed by atoms with Gasteiger partial charge in [-0.1, -0.05) is 23.0 Å². The van der Waals surface area contributed by atoms with E-state index < -0.39 is 0 Å².